The minimum Gasteiger partial charge on any atom is -0.493 e. The fraction of sp³-hybridized carbons (Fsp3) is 0.333. The molecule has 0 saturated carbocycles. The molecule has 5 nitrogen and oxygen atoms in total. The maximum absolute atomic E-state index is 11.6. The topological polar surface area (TPSA) is 59.9 Å². The van der Waals surface area contributed by atoms with Crippen LogP contribution in [0.3, 0.4) is 0 Å². The molecule has 138 valence electrons. The predicted molar refractivity (Wildman–Crippen MR) is 104 cm³/mol. The summed E-state index contributed by atoms with van der Waals surface area (Å²) in [6, 6.07) is 15.5. The number of nitrogens with one attached hydrogen (secondary N) is 1. The highest BCUT2D eigenvalue weighted by atomic mass is 16.5. The molecule has 0 spiro atoms. The molecule has 0 bridgehead atoms. The van der Waals surface area contributed by atoms with E-state index in [1.54, 1.807) is 13.3 Å². The standard InChI is InChI=1S/C21H26N2O3/c1-3-4-6-11-21(24)23-22-15-18-12-13-19(20(14-18)25-2)26-16-17-9-7-5-8-10-17/h5,7-10,12-15H,3-4,6,11,16H2,1-2H3,(H,23,24)/b22-15+. The first kappa shape index (κ1) is 19.5. The highest BCUT2D eigenvalue weighted by Gasteiger charge is 2.06. The highest BCUT2D eigenvalue weighted by molar-refractivity contribution is 5.83. The quantitative estimate of drug-likeness (QED) is 0.393. The number of nitrogens with zero attached hydrogens (tertiary/aromatic N) is 1. The van der Waals surface area contributed by atoms with Crippen molar-refractivity contribution < 1.29 is 14.3 Å². The Labute approximate surface area is 155 Å². The van der Waals surface area contributed by atoms with Crippen LogP contribution in [0.5, 0.6) is 11.5 Å². The molecule has 0 fully saturated rings. The van der Waals surface area contributed by atoms with E-state index in [0.29, 0.717) is 24.5 Å². The van der Waals surface area contributed by atoms with Crippen LogP contribution in [-0.2, 0) is 11.4 Å². The lowest BCUT2D eigenvalue weighted by atomic mass is 10.2. The van der Waals surface area contributed by atoms with E-state index in [1.165, 1.54) is 0 Å². The summed E-state index contributed by atoms with van der Waals surface area (Å²) in [5.74, 6) is 1.22. The Morgan fingerprint density at radius 2 is 1.92 bits per heavy atom. The maximum Gasteiger partial charge on any atom is 0.240 e. The SMILES string of the molecule is CCCCCC(=O)N/N=C/c1ccc(OCc2ccccc2)c(OC)c1. The Morgan fingerprint density at radius 3 is 2.65 bits per heavy atom. The number of rotatable bonds is 10. The van der Waals surface area contributed by atoms with Crippen LogP contribution >= 0.6 is 0 Å². The molecule has 0 aliphatic heterocycles. The molecule has 0 heterocycles. The number of hydrazone groups is 1. The molecule has 1 amide bonds. The van der Waals surface area contributed by atoms with E-state index < -0.39 is 0 Å². The average Bonchev–Trinajstić information content (AvgIpc) is 2.68. The van der Waals surface area contributed by atoms with Crippen molar-refractivity contribution >= 4 is 12.1 Å². The molecule has 0 aliphatic carbocycles. The van der Waals surface area contributed by atoms with Gasteiger partial charge >= 0.3 is 0 Å². The monoisotopic (exact) mass is 354 g/mol. The zero-order valence-electron chi connectivity index (χ0n) is 15.4. The summed E-state index contributed by atoms with van der Waals surface area (Å²) in [5, 5.41) is 4.00. The summed E-state index contributed by atoms with van der Waals surface area (Å²) in [6.07, 6.45) is 5.13. The number of ether oxygens (including phenoxy) is 2. The zero-order chi connectivity index (χ0) is 18.6. The van der Waals surface area contributed by atoms with Gasteiger partial charge < -0.3 is 9.47 Å². The number of benzene rings is 2. The normalized spacial score (nSPS) is 10.7. The molecular weight excluding hydrogens is 328 g/mol. The number of methoxy groups -OCH3 is 1. The summed E-state index contributed by atoms with van der Waals surface area (Å²) >= 11 is 0. The summed E-state index contributed by atoms with van der Waals surface area (Å²) in [5.41, 5.74) is 4.46. The fourth-order valence-corrected chi connectivity index (χ4v) is 2.39. The molecule has 0 radical (unpaired) electrons. The van der Waals surface area contributed by atoms with Gasteiger partial charge in [-0.05, 0) is 35.7 Å². The van der Waals surface area contributed by atoms with Crippen molar-refractivity contribution in [3.8, 4) is 11.5 Å². The summed E-state index contributed by atoms with van der Waals surface area (Å²) in [7, 11) is 1.60. The van der Waals surface area contributed by atoms with Crippen molar-refractivity contribution in [3.05, 3.63) is 59.7 Å². The van der Waals surface area contributed by atoms with Gasteiger partial charge in [0.05, 0.1) is 13.3 Å². The lowest BCUT2D eigenvalue weighted by molar-refractivity contribution is -0.121. The second-order valence-corrected chi connectivity index (χ2v) is 5.93. The minimum absolute atomic E-state index is 0.0653. The molecule has 0 saturated heterocycles. The van der Waals surface area contributed by atoms with Crippen molar-refractivity contribution in [1.82, 2.24) is 5.43 Å². The number of carbonyl (C=O) groups excluding carboxylic acids is 1. The summed E-state index contributed by atoms with van der Waals surface area (Å²) < 4.78 is 11.2. The van der Waals surface area contributed by atoms with Gasteiger partial charge in [0.2, 0.25) is 5.91 Å². The molecule has 5 heteroatoms. The van der Waals surface area contributed by atoms with E-state index in [2.05, 4.69) is 17.5 Å². The highest BCUT2D eigenvalue weighted by Crippen LogP contribution is 2.28. The van der Waals surface area contributed by atoms with Crippen molar-refractivity contribution in [3.63, 3.8) is 0 Å². The maximum atomic E-state index is 11.6. The molecule has 26 heavy (non-hydrogen) atoms. The van der Waals surface area contributed by atoms with Crippen LogP contribution in [0, 0.1) is 0 Å². The van der Waals surface area contributed by atoms with Crippen LogP contribution in [0.1, 0.15) is 43.7 Å². The number of hydrogen-bond donors (Lipinski definition) is 1. The van der Waals surface area contributed by atoms with E-state index in [1.807, 2.05) is 48.5 Å². The lowest BCUT2D eigenvalue weighted by Crippen LogP contribution is -2.16. The second kappa shape index (κ2) is 10.9. The Kier molecular flexibility index (Phi) is 8.19. The van der Waals surface area contributed by atoms with E-state index in [9.17, 15) is 4.79 Å². The van der Waals surface area contributed by atoms with Crippen LogP contribution in [-0.4, -0.2) is 19.2 Å². The van der Waals surface area contributed by atoms with Gasteiger partial charge in [-0.2, -0.15) is 5.10 Å². The van der Waals surface area contributed by atoms with Crippen LogP contribution in [0.15, 0.2) is 53.6 Å². The molecule has 0 aromatic heterocycles. The third kappa shape index (κ3) is 6.59. The number of hydrogen-bond acceptors (Lipinski definition) is 4. The summed E-state index contributed by atoms with van der Waals surface area (Å²) in [4.78, 5) is 11.6. The molecule has 2 aromatic carbocycles. The molecule has 1 N–H and O–H groups in total. The minimum atomic E-state index is -0.0653. The number of carbonyl (C=O) groups is 1. The van der Waals surface area contributed by atoms with E-state index in [0.717, 1.165) is 30.4 Å². The van der Waals surface area contributed by atoms with Crippen molar-refractivity contribution in [2.24, 2.45) is 5.10 Å². The average molecular weight is 354 g/mol. The molecular formula is C21H26N2O3. The number of unbranched alkanes of at least 4 members (excludes halogenated alkanes) is 2. The van der Waals surface area contributed by atoms with Crippen LogP contribution in [0.4, 0.5) is 0 Å². The first-order valence-electron chi connectivity index (χ1n) is 8.89. The first-order chi connectivity index (χ1) is 12.7. The third-order valence-electron chi connectivity index (χ3n) is 3.84. The summed E-state index contributed by atoms with van der Waals surface area (Å²) in [6.45, 7) is 2.58. The van der Waals surface area contributed by atoms with Crippen molar-refractivity contribution in [2.45, 2.75) is 39.2 Å². The molecule has 0 unspecified atom stereocenters. The van der Waals surface area contributed by atoms with E-state index in [4.69, 9.17) is 9.47 Å². The largest absolute Gasteiger partial charge is 0.493 e. The fourth-order valence-electron chi connectivity index (χ4n) is 2.39. The van der Waals surface area contributed by atoms with E-state index in [-0.39, 0.29) is 5.91 Å². The van der Waals surface area contributed by atoms with Gasteiger partial charge in [0.1, 0.15) is 6.61 Å². The van der Waals surface area contributed by atoms with Gasteiger partial charge in [-0.3, -0.25) is 4.79 Å². The molecule has 0 aliphatic rings. The van der Waals surface area contributed by atoms with Gasteiger partial charge in [0.25, 0.3) is 0 Å². The Balaban J connectivity index is 1.90. The van der Waals surface area contributed by atoms with Crippen LogP contribution in [0.2, 0.25) is 0 Å². The molecule has 2 rings (SSSR count). The van der Waals surface area contributed by atoms with Gasteiger partial charge in [-0.15, -0.1) is 0 Å². The molecule has 0 atom stereocenters. The van der Waals surface area contributed by atoms with Crippen LogP contribution < -0.4 is 14.9 Å². The van der Waals surface area contributed by atoms with Crippen molar-refractivity contribution in [2.75, 3.05) is 7.11 Å². The van der Waals surface area contributed by atoms with Gasteiger partial charge in [-0.1, -0.05) is 50.1 Å². The second-order valence-electron chi connectivity index (χ2n) is 5.93. The first-order valence-corrected chi connectivity index (χ1v) is 8.89. The van der Waals surface area contributed by atoms with Gasteiger partial charge in [0.15, 0.2) is 11.5 Å². The Hall–Kier alpha value is -2.82. The van der Waals surface area contributed by atoms with Gasteiger partial charge in [0, 0.05) is 6.42 Å². The predicted octanol–water partition coefficient (Wildman–Crippen LogP) is 4.30. The number of amides is 1. The van der Waals surface area contributed by atoms with Gasteiger partial charge in [-0.25, -0.2) is 5.43 Å². The zero-order valence-corrected chi connectivity index (χ0v) is 15.4. The lowest BCUT2D eigenvalue weighted by Gasteiger charge is -2.11. The van der Waals surface area contributed by atoms with E-state index >= 15 is 0 Å². The third-order valence-corrected chi connectivity index (χ3v) is 3.84. The van der Waals surface area contributed by atoms with Crippen molar-refractivity contribution in [1.29, 1.82) is 0 Å². The van der Waals surface area contributed by atoms with Crippen LogP contribution in [0.25, 0.3) is 0 Å². The molecule has 2 aromatic rings. The smallest absolute Gasteiger partial charge is 0.240 e. The Morgan fingerprint density at radius 1 is 1.12 bits per heavy atom. The Bertz CT molecular complexity index is 714.